The molecule has 44 heavy (non-hydrogen) atoms. The van der Waals surface area contributed by atoms with E-state index in [9.17, 15) is 20.1 Å². The van der Waals surface area contributed by atoms with Gasteiger partial charge >= 0.3 is 5.97 Å². The number of hydrogen-bond donors (Lipinski definition) is 3. The number of allylic oxidation sites excluding steroid dienone is 2. The van der Waals surface area contributed by atoms with Crippen molar-refractivity contribution in [2.45, 2.75) is 156 Å². The molecule has 0 aromatic rings. The smallest absolute Gasteiger partial charge is 0.302 e. The van der Waals surface area contributed by atoms with Gasteiger partial charge in [0, 0.05) is 18.9 Å². The second-order valence-electron chi connectivity index (χ2n) is 16.5. The number of aliphatic hydroxyl groups is 3. The molecule has 8 heteroatoms. The van der Waals surface area contributed by atoms with Crippen molar-refractivity contribution in [3.63, 3.8) is 0 Å². The lowest BCUT2D eigenvalue weighted by Gasteiger charge is -2.62. The van der Waals surface area contributed by atoms with E-state index in [1.807, 2.05) is 0 Å². The van der Waals surface area contributed by atoms with Crippen LogP contribution in [0.1, 0.15) is 120 Å². The van der Waals surface area contributed by atoms with E-state index in [1.165, 1.54) is 38.5 Å². The van der Waals surface area contributed by atoms with E-state index < -0.39 is 30.6 Å². The Balaban J connectivity index is 1.28. The third-order valence-electron chi connectivity index (χ3n) is 14.1. The van der Waals surface area contributed by atoms with Crippen LogP contribution in [-0.2, 0) is 19.1 Å². The molecule has 0 amide bonds. The molecule has 3 fully saturated rings. The Labute approximate surface area is 265 Å². The number of fused-ring (bicyclic) bond motifs is 4. The molecule has 1 heterocycles. The van der Waals surface area contributed by atoms with Crippen molar-refractivity contribution in [2.24, 2.45) is 39.4 Å². The Morgan fingerprint density at radius 2 is 1.68 bits per heavy atom. The van der Waals surface area contributed by atoms with E-state index in [0.29, 0.717) is 24.3 Å². The molecule has 0 spiro atoms. The Morgan fingerprint density at radius 3 is 2.34 bits per heavy atom. The van der Waals surface area contributed by atoms with Crippen LogP contribution in [0.4, 0.5) is 0 Å². The van der Waals surface area contributed by atoms with Crippen molar-refractivity contribution in [3.05, 3.63) is 11.1 Å². The molecule has 0 bridgehead atoms. The average molecular weight is 620 g/mol. The van der Waals surface area contributed by atoms with Crippen LogP contribution in [0.5, 0.6) is 0 Å². The van der Waals surface area contributed by atoms with E-state index in [0.717, 1.165) is 25.7 Å². The standard InChI is InChI=1S/C36H61NO7/c1-21(11-10-20-37(42-9)32-31(41)30(40)29(39)22(2)43-32)24-14-18-36(8)26-12-13-27-33(4,5)28(44-23(3)38)16-17-34(27,6)25(26)15-19-35(24,36)7/h21-22,24,27-32,39-41H,10-20H2,1-9H3/t21-,22-,24-,27+,28+,29+,30+,31-,32-,34-,35-,36+/m1/s1. The summed E-state index contributed by atoms with van der Waals surface area (Å²) in [5.74, 6) is 1.57. The lowest BCUT2D eigenvalue weighted by Crippen LogP contribution is -2.61. The fourth-order valence-corrected chi connectivity index (χ4v) is 11.4. The average Bonchev–Trinajstić information content (AvgIpc) is 3.24. The molecule has 0 radical (unpaired) electrons. The van der Waals surface area contributed by atoms with Gasteiger partial charge in [-0.25, -0.2) is 0 Å². The Morgan fingerprint density at radius 1 is 0.977 bits per heavy atom. The summed E-state index contributed by atoms with van der Waals surface area (Å²) in [4.78, 5) is 17.5. The highest BCUT2D eigenvalue weighted by Gasteiger charge is 2.63. The predicted molar refractivity (Wildman–Crippen MR) is 169 cm³/mol. The summed E-state index contributed by atoms with van der Waals surface area (Å²) in [6.45, 7) is 18.6. The van der Waals surface area contributed by atoms with Crippen LogP contribution < -0.4 is 0 Å². The normalized spacial score (nSPS) is 45.8. The highest BCUT2D eigenvalue weighted by atomic mass is 16.7. The summed E-state index contributed by atoms with van der Waals surface area (Å²) >= 11 is 0. The van der Waals surface area contributed by atoms with Gasteiger partial charge < -0.3 is 24.8 Å². The number of aliphatic hydroxyl groups excluding tert-OH is 3. The molecule has 3 N–H and O–H groups in total. The monoisotopic (exact) mass is 619 g/mol. The summed E-state index contributed by atoms with van der Waals surface area (Å²) in [7, 11) is 1.57. The van der Waals surface area contributed by atoms with Crippen molar-refractivity contribution >= 4 is 5.97 Å². The molecule has 1 saturated heterocycles. The predicted octanol–water partition coefficient (Wildman–Crippen LogP) is 5.77. The number of ether oxygens (including phenoxy) is 2. The summed E-state index contributed by atoms with van der Waals surface area (Å²) < 4.78 is 11.7. The highest BCUT2D eigenvalue weighted by molar-refractivity contribution is 5.66. The quantitative estimate of drug-likeness (QED) is 0.178. The molecule has 2 saturated carbocycles. The molecular formula is C36H61NO7. The topological polar surface area (TPSA) is 109 Å². The van der Waals surface area contributed by atoms with Gasteiger partial charge in [0.05, 0.1) is 13.2 Å². The first kappa shape index (κ1) is 34.3. The number of hydroxylamine groups is 2. The summed E-state index contributed by atoms with van der Waals surface area (Å²) in [6.07, 6.45) is 6.24. The molecule has 0 aromatic heterocycles. The molecule has 0 unspecified atom stereocenters. The van der Waals surface area contributed by atoms with Crippen molar-refractivity contribution in [3.8, 4) is 0 Å². The second kappa shape index (κ2) is 12.2. The van der Waals surface area contributed by atoms with Crippen LogP contribution in [0.3, 0.4) is 0 Å². The van der Waals surface area contributed by atoms with Crippen molar-refractivity contribution in [1.29, 1.82) is 0 Å². The van der Waals surface area contributed by atoms with Gasteiger partial charge in [-0.2, -0.15) is 5.06 Å². The van der Waals surface area contributed by atoms with E-state index in [4.69, 9.17) is 14.3 Å². The summed E-state index contributed by atoms with van der Waals surface area (Å²) in [5.41, 5.74) is 4.15. The molecule has 5 rings (SSSR count). The maximum absolute atomic E-state index is 11.9. The minimum Gasteiger partial charge on any atom is -0.462 e. The van der Waals surface area contributed by atoms with Gasteiger partial charge in [-0.1, -0.05) is 52.7 Å². The van der Waals surface area contributed by atoms with Crippen LogP contribution in [0, 0.1) is 39.4 Å². The first-order valence-electron chi connectivity index (χ1n) is 17.4. The largest absolute Gasteiger partial charge is 0.462 e. The van der Waals surface area contributed by atoms with Gasteiger partial charge in [-0.05, 0) is 105 Å². The molecule has 5 aliphatic rings. The van der Waals surface area contributed by atoms with Crippen molar-refractivity contribution < 1.29 is 34.4 Å². The number of esters is 1. The molecule has 4 aliphatic carbocycles. The maximum atomic E-state index is 11.9. The van der Waals surface area contributed by atoms with Crippen molar-refractivity contribution in [2.75, 3.05) is 13.7 Å². The first-order chi connectivity index (χ1) is 20.5. The van der Waals surface area contributed by atoms with Crippen LogP contribution in [0.15, 0.2) is 11.1 Å². The van der Waals surface area contributed by atoms with E-state index in [-0.39, 0.29) is 33.7 Å². The second-order valence-corrected chi connectivity index (χ2v) is 16.5. The third kappa shape index (κ3) is 5.32. The van der Waals surface area contributed by atoms with Crippen LogP contribution >= 0.6 is 0 Å². The number of rotatable bonds is 8. The van der Waals surface area contributed by atoms with Gasteiger partial charge in [-0.15, -0.1) is 0 Å². The van der Waals surface area contributed by atoms with Gasteiger partial charge in [0.25, 0.3) is 0 Å². The highest BCUT2D eigenvalue weighted by Crippen LogP contribution is 2.72. The van der Waals surface area contributed by atoms with Crippen LogP contribution in [-0.4, -0.2) is 76.8 Å². The summed E-state index contributed by atoms with van der Waals surface area (Å²) in [6, 6.07) is 0. The zero-order valence-corrected chi connectivity index (χ0v) is 28.9. The molecule has 1 aliphatic heterocycles. The molecular weight excluding hydrogens is 558 g/mol. The van der Waals surface area contributed by atoms with E-state index >= 15 is 0 Å². The zero-order valence-electron chi connectivity index (χ0n) is 28.9. The molecule has 8 nitrogen and oxygen atoms in total. The Kier molecular flexibility index (Phi) is 9.52. The van der Waals surface area contributed by atoms with E-state index in [1.54, 1.807) is 37.2 Å². The molecule has 252 valence electrons. The van der Waals surface area contributed by atoms with Crippen molar-refractivity contribution in [1.82, 2.24) is 5.06 Å². The minimum atomic E-state index is -1.27. The Bertz CT molecular complexity index is 1110. The number of hydrogen-bond acceptors (Lipinski definition) is 8. The SMILES string of the molecule is CON(CCC[C@@H](C)[C@H]1CC[C@@]2(C)C3=C(CC[C@]12C)[C@@]1(C)CC[C@H](OC(C)=O)C(C)(C)[C@@H]1CC3)[C@@H]1O[C@H](C)[C@H](O)[C@H](O)[C@H]1O. The Hall–Kier alpha value is -1.03. The zero-order chi connectivity index (χ0) is 32.4. The fourth-order valence-electron chi connectivity index (χ4n) is 11.4. The summed E-state index contributed by atoms with van der Waals surface area (Å²) in [5, 5.41) is 32.6. The van der Waals surface area contributed by atoms with Gasteiger partial charge in [0.15, 0.2) is 6.23 Å². The van der Waals surface area contributed by atoms with Crippen LogP contribution in [0.2, 0.25) is 0 Å². The van der Waals surface area contributed by atoms with Gasteiger partial charge in [0.2, 0.25) is 0 Å². The third-order valence-corrected chi connectivity index (χ3v) is 14.1. The molecule has 12 atom stereocenters. The lowest BCUT2D eigenvalue weighted by molar-refractivity contribution is -0.322. The lowest BCUT2D eigenvalue weighted by atomic mass is 9.43. The number of carbonyl (C=O) groups is 1. The van der Waals surface area contributed by atoms with Gasteiger partial charge in [0.1, 0.15) is 24.4 Å². The van der Waals surface area contributed by atoms with Crippen LogP contribution in [0.25, 0.3) is 0 Å². The maximum Gasteiger partial charge on any atom is 0.302 e. The van der Waals surface area contributed by atoms with E-state index in [2.05, 4.69) is 41.5 Å². The van der Waals surface area contributed by atoms with Gasteiger partial charge in [-0.3, -0.25) is 9.63 Å². The first-order valence-corrected chi connectivity index (χ1v) is 17.4. The molecule has 0 aromatic carbocycles. The fraction of sp³-hybridized carbons (Fsp3) is 0.917. The minimum absolute atomic E-state index is 0.00316. The number of nitrogens with zero attached hydrogens (tertiary/aromatic N) is 1. The number of carbonyl (C=O) groups excluding carboxylic acids is 1.